The monoisotopic (exact) mass is 240 g/mol. The Morgan fingerprint density at radius 3 is 2.94 bits per heavy atom. The molecule has 0 aromatic heterocycles. The van der Waals surface area contributed by atoms with Crippen molar-refractivity contribution >= 4 is 17.9 Å². The maximum absolute atomic E-state index is 10.4. The van der Waals surface area contributed by atoms with Gasteiger partial charge in [0.2, 0.25) is 0 Å². The molecule has 1 aromatic carbocycles. The van der Waals surface area contributed by atoms with Crippen LogP contribution in [0, 0.1) is 6.92 Å². The van der Waals surface area contributed by atoms with E-state index in [2.05, 4.69) is 0 Å². The lowest BCUT2D eigenvalue weighted by molar-refractivity contribution is -0.107. The van der Waals surface area contributed by atoms with Gasteiger partial charge < -0.3 is 14.3 Å². The van der Waals surface area contributed by atoms with E-state index in [1.807, 2.05) is 6.92 Å². The summed E-state index contributed by atoms with van der Waals surface area (Å²) in [7, 11) is 0. The number of carbonyl (C=O) groups is 1. The second kappa shape index (κ2) is 4.74. The first-order valence-electron chi connectivity index (χ1n) is 5.25. The molecule has 0 amide bonds. The third-order valence-electron chi connectivity index (χ3n) is 2.67. The van der Waals surface area contributed by atoms with Crippen LogP contribution in [0.25, 0.3) is 0 Å². The summed E-state index contributed by atoms with van der Waals surface area (Å²) in [6, 6.07) is 1.77. The number of carbonyl (C=O) groups excluding carboxylic acids is 1. The summed E-state index contributed by atoms with van der Waals surface area (Å²) in [4.78, 5) is 10.4. The fourth-order valence-corrected chi connectivity index (χ4v) is 2.03. The Balaban J connectivity index is 2.45. The van der Waals surface area contributed by atoms with E-state index >= 15 is 0 Å². The molecule has 3 nitrogen and oxygen atoms in total. The average Bonchev–Trinajstić information content (AvgIpc) is 2.30. The molecule has 0 unspecified atom stereocenters. The summed E-state index contributed by atoms with van der Waals surface area (Å²) in [5, 5.41) is 0.658. The minimum Gasteiger partial charge on any atom is -0.486 e. The van der Waals surface area contributed by atoms with Crippen LogP contribution in [0.15, 0.2) is 6.07 Å². The first-order valence-corrected chi connectivity index (χ1v) is 5.63. The molecule has 0 spiro atoms. The molecule has 2 rings (SSSR count). The van der Waals surface area contributed by atoms with Crippen molar-refractivity contribution in [3.05, 3.63) is 22.2 Å². The quantitative estimate of drug-likeness (QED) is 0.762. The highest BCUT2D eigenvalue weighted by atomic mass is 35.5. The van der Waals surface area contributed by atoms with Crippen molar-refractivity contribution in [2.24, 2.45) is 0 Å². The number of ether oxygens (including phenoxy) is 2. The molecular weight excluding hydrogens is 228 g/mol. The van der Waals surface area contributed by atoms with Crippen molar-refractivity contribution in [2.75, 3.05) is 13.2 Å². The zero-order valence-corrected chi connectivity index (χ0v) is 9.84. The molecule has 1 heterocycles. The number of rotatable bonds is 3. The first kappa shape index (κ1) is 11.3. The van der Waals surface area contributed by atoms with Gasteiger partial charge in [-0.25, -0.2) is 0 Å². The standard InChI is InChI=1S/C12H13ClO3/c1-8-9(3-2-4-14)12-11(7-10(8)13)15-5-6-16-12/h4,7H,2-3,5-6H2,1H3. The van der Waals surface area contributed by atoms with E-state index in [1.165, 1.54) is 0 Å². The fourth-order valence-electron chi connectivity index (χ4n) is 1.82. The molecule has 0 bridgehead atoms. The van der Waals surface area contributed by atoms with Gasteiger partial charge in [0.25, 0.3) is 0 Å². The maximum atomic E-state index is 10.4. The Bertz CT molecular complexity index is 415. The molecule has 0 N–H and O–H groups in total. The predicted molar refractivity (Wildman–Crippen MR) is 61.6 cm³/mol. The van der Waals surface area contributed by atoms with Crippen molar-refractivity contribution in [3.63, 3.8) is 0 Å². The molecule has 0 fully saturated rings. The predicted octanol–water partition coefficient (Wildman–Crippen LogP) is 2.55. The van der Waals surface area contributed by atoms with Gasteiger partial charge in [0.05, 0.1) is 0 Å². The number of hydrogen-bond donors (Lipinski definition) is 0. The lowest BCUT2D eigenvalue weighted by atomic mass is 10.0. The highest BCUT2D eigenvalue weighted by molar-refractivity contribution is 6.31. The van der Waals surface area contributed by atoms with Crippen molar-refractivity contribution in [3.8, 4) is 11.5 Å². The van der Waals surface area contributed by atoms with Crippen molar-refractivity contribution < 1.29 is 14.3 Å². The van der Waals surface area contributed by atoms with Gasteiger partial charge in [-0.3, -0.25) is 0 Å². The molecule has 0 saturated heterocycles. The van der Waals surface area contributed by atoms with Crippen molar-refractivity contribution in [1.82, 2.24) is 0 Å². The van der Waals surface area contributed by atoms with Gasteiger partial charge in [-0.05, 0) is 18.9 Å². The second-order valence-electron chi connectivity index (χ2n) is 3.69. The smallest absolute Gasteiger partial charge is 0.164 e. The summed E-state index contributed by atoms with van der Waals surface area (Å²) in [6.45, 7) is 3.02. The fraction of sp³-hybridized carbons (Fsp3) is 0.417. The minimum absolute atomic E-state index is 0.469. The Labute approximate surface area is 99.3 Å². The van der Waals surface area contributed by atoms with E-state index in [-0.39, 0.29) is 0 Å². The molecule has 0 aliphatic carbocycles. The Morgan fingerprint density at radius 1 is 1.44 bits per heavy atom. The van der Waals surface area contributed by atoms with Crippen LogP contribution >= 0.6 is 11.6 Å². The Hall–Kier alpha value is -1.22. The third-order valence-corrected chi connectivity index (χ3v) is 3.06. The van der Waals surface area contributed by atoms with Gasteiger partial charge in [0.15, 0.2) is 11.5 Å². The highest BCUT2D eigenvalue weighted by Crippen LogP contribution is 2.40. The van der Waals surface area contributed by atoms with E-state index in [9.17, 15) is 4.79 Å². The molecule has 1 aromatic rings. The lowest BCUT2D eigenvalue weighted by Gasteiger charge is -2.23. The number of benzene rings is 1. The van der Waals surface area contributed by atoms with Crippen LogP contribution in [0.1, 0.15) is 17.5 Å². The van der Waals surface area contributed by atoms with Gasteiger partial charge in [-0.15, -0.1) is 0 Å². The van der Waals surface area contributed by atoms with E-state index < -0.39 is 0 Å². The second-order valence-corrected chi connectivity index (χ2v) is 4.10. The minimum atomic E-state index is 0.469. The Morgan fingerprint density at radius 2 is 2.19 bits per heavy atom. The van der Waals surface area contributed by atoms with E-state index in [0.29, 0.717) is 36.8 Å². The highest BCUT2D eigenvalue weighted by Gasteiger charge is 2.19. The lowest BCUT2D eigenvalue weighted by Crippen LogP contribution is -2.17. The normalized spacial score (nSPS) is 13.6. The van der Waals surface area contributed by atoms with Gasteiger partial charge in [0.1, 0.15) is 19.5 Å². The van der Waals surface area contributed by atoms with Gasteiger partial charge >= 0.3 is 0 Å². The molecule has 0 radical (unpaired) electrons. The zero-order chi connectivity index (χ0) is 11.5. The third kappa shape index (κ3) is 2.00. The van der Waals surface area contributed by atoms with Crippen molar-refractivity contribution in [1.29, 1.82) is 0 Å². The first-order chi connectivity index (χ1) is 7.74. The molecule has 16 heavy (non-hydrogen) atoms. The molecular formula is C12H13ClO3. The molecule has 86 valence electrons. The number of halogens is 1. The van der Waals surface area contributed by atoms with Crippen LogP contribution in [0.5, 0.6) is 11.5 Å². The maximum Gasteiger partial charge on any atom is 0.164 e. The average molecular weight is 241 g/mol. The van der Waals surface area contributed by atoms with Crippen molar-refractivity contribution in [2.45, 2.75) is 19.8 Å². The molecule has 4 heteroatoms. The zero-order valence-electron chi connectivity index (χ0n) is 9.09. The SMILES string of the molecule is Cc1c(Cl)cc2c(c1CCC=O)OCCO2. The number of aldehydes is 1. The molecule has 0 saturated carbocycles. The van der Waals surface area contributed by atoms with E-state index in [1.54, 1.807) is 6.07 Å². The van der Waals surface area contributed by atoms with Gasteiger partial charge in [0, 0.05) is 23.1 Å². The van der Waals surface area contributed by atoms with Crippen LogP contribution < -0.4 is 9.47 Å². The molecule has 0 atom stereocenters. The van der Waals surface area contributed by atoms with Gasteiger partial charge in [-0.2, -0.15) is 0 Å². The summed E-state index contributed by atoms with van der Waals surface area (Å²) >= 11 is 6.11. The van der Waals surface area contributed by atoms with Crippen LogP contribution in [-0.2, 0) is 11.2 Å². The summed E-state index contributed by atoms with van der Waals surface area (Å²) in [5.41, 5.74) is 1.95. The van der Waals surface area contributed by atoms with E-state index in [4.69, 9.17) is 21.1 Å². The van der Waals surface area contributed by atoms with Crippen LogP contribution in [0.3, 0.4) is 0 Å². The van der Waals surface area contributed by atoms with Crippen LogP contribution in [0.4, 0.5) is 0 Å². The summed E-state index contributed by atoms with van der Waals surface area (Å²) in [5.74, 6) is 1.43. The molecule has 1 aliphatic heterocycles. The van der Waals surface area contributed by atoms with Crippen LogP contribution in [0.2, 0.25) is 5.02 Å². The van der Waals surface area contributed by atoms with E-state index in [0.717, 1.165) is 23.2 Å². The topological polar surface area (TPSA) is 35.5 Å². The number of hydrogen-bond acceptors (Lipinski definition) is 3. The number of fused-ring (bicyclic) bond motifs is 1. The Kier molecular flexibility index (Phi) is 3.34. The van der Waals surface area contributed by atoms with Crippen LogP contribution in [-0.4, -0.2) is 19.5 Å². The van der Waals surface area contributed by atoms with Gasteiger partial charge in [-0.1, -0.05) is 11.6 Å². The molecule has 1 aliphatic rings. The largest absolute Gasteiger partial charge is 0.486 e. The summed E-state index contributed by atoms with van der Waals surface area (Å²) < 4.78 is 11.1. The summed E-state index contributed by atoms with van der Waals surface area (Å²) in [6.07, 6.45) is 2.01.